The summed E-state index contributed by atoms with van der Waals surface area (Å²) in [5.41, 5.74) is 5.17. The highest BCUT2D eigenvalue weighted by Crippen LogP contribution is 2.36. The quantitative estimate of drug-likeness (QED) is 0.362. The number of anilines is 2. The number of pyridine rings is 1. The number of piperidine rings is 1. The van der Waals surface area contributed by atoms with Gasteiger partial charge in [-0.2, -0.15) is 5.26 Å². The number of hydrogen-bond acceptors (Lipinski definition) is 6. The molecule has 184 valence electrons. The Morgan fingerprint density at radius 3 is 2.72 bits per heavy atom. The van der Waals surface area contributed by atoms with Gasteiger partial charge in [-0.1, -0.05) is 0 Å². The molecule has 4 aromatic rings. The normalized spacial score (nSPS) is 17.6. The largest absolute Gasteiger partial charge is 0.460 e. The molecule has 2 N–H and O–H groups in total. The molecule has 0 aliphatic carbocycles. The zero-order valence-corrected chi connectivity index (χ0v) is 20.8. The van der Waals surface area contributed by atoms with Crippen molar-refractivity contribution in [3.63, 3.8) is 0 Å². The van der Waals surface area contributed by atoms with Gasteiger partial charge in [-0.15, -0.1) is 0 Å². The molecule has 0 atom stereocenters. The van der Waals surface area contributed by atoms with Crippen LogP contribution in [-0.2, 0) is 6.54 Å². The summed E-state index contributed by atoms with van der Waals surface area (Å²) >= 11 is 0. The van der Waals surface area contributed by atoms with E-state index < -0.39 is 0 Å². The predicted octanol–water partition coefficient (Wildman–Crippen LogP) is 5.81. The predicted molar refractivity (Wildman–Crippen MR) is 142 cm³/mol. The fourth-order valence-corrected chi connectivity index (χ4v) is 5.80. The smallest absolute Gasteiger partial charge is 0.138 e. The summed E-state index contributed by atoms with van der Waals surface area (Å²) in [6.07, 6.45) is 10.5. The number of likely N-dealkylation sites (tertiary alicyclic amines) is 2. The number of hydrogen-bond donors (Lipinski definition) is 2. The third-order valence-corrected chi connectivity index (χ3v) is 7.85. The maximum absolute atomic E-state index is 9.82. The van der Waals surface area contributed by atoms with Crippen LogP contribution in [0.5, 0.6) is 0 Å². The number of aryl methyl sites for hydroxylation is 1. The van der Waals surface area contributed by atoms with E-state index in [-0.39, 0.29) is 0 Å². The lowest BCUT2D eigenvalue weighted by molar-refractivity contribution is 0.118. The van der Waals surface area contributed by atoms with E-state index >= 15 is 0 Å². The van der Waals surface area contributed by atoms with Crippen molar-refractivity contribution in [2.75, 3.05) is 31.5 Å². The van der Waals surface area contributed by atoms with Gasteiger partial charge in [0.2, 0.25) is 0 Å². The Balaban J connectivity index is 1.21. The first-order valence-corrected chi connectivity index (χ1v) is 13.0. The molecule has 2 fully saturated rings. The average molecular weight is 481 g/mol. The van der Waals surface area contributed by atoms with E-state index in [9.17, 15) is 5.26 Å². The highest BCUT2D eigenvalue weighted by molar-refractivity contribution is 5.91. The van der Waals surface area contributed by atoms with Crippen LogP contribution in [0.2, 0.25) is 0 Å². The third kappa shape index (κ3) is 4.39. The SMILES string of the molecule is Cc1c(Nc2c(C#N)cncc2-c2ccc(CN3CCC(N4CCCC4)CC3)o2)ccc2[nH]ccc12. The number of nitriles is 1. The van der Waals surface area contributed by atoms with Gasteiger partial charge in [-0.3, -0.25) is 9.88 Å². The van der Waals surface area contributed by atoms with E-state index in [1.165, 1.54) is 38.8 Å². The van der Waals surface area contributed by atoms with Gasteiger partial charge in [-0.25, -0.2) is 0 Å². The zero-order valence-electron chi connectivity index (χ0n) is 20.8. The van der Waals surface area contributed by atoms with Crippen LogP contribution >= 0.6 is 0 Å². The molecule has 2 aliphatic rings. The number of aromatic nitrogens is 2. The minimum absolute atomic E-state index is 0.489. The van der Waals surface area contributed by atoms with Crippen LogP contribution in [0.4, 0.5) is 11.4 Å². The minimum Gasteiger partial charge on any atom is -0.460 e. The van der Waals surface area contributed by atoms with Crippen molar-refractivity contribution in [1.29, 1.82) is 5.26 Å². The molecule has 2 aliphatic heterocycles. The van der Waals surface area contributed by atoms with Crippen LogP contribution in [0.1, 0.15) is 42.6 Å². The summed E-state index contributed by atoms with van der Waals surface area (Å²) < 4.78 is 6.32. The first-order chi connectivity index (χ1) is 17.7. The first-order valence-electron chi connectivity index (χ1n) is 13.0. The van der Waals surface area contributed by atoms with E-state index in [0.29, 0.717) is 5.56 Å². The van der Waals surface area contributed by atoms with Crippen molar-refractivity contribution in [2.45, 2.75) is 45.2 Å². The van der Waals surface area contributed by atoms with Crippen molar-refractivity contribution < 1.29 is 4.42 Å². The summed E-state index contributed by atoms with van der Waals surface area (Å²) in [5.74, 6) is 1.67. The van der Waals surface area contributed by atoms with Crippen molar-refractivity contribution >= 4 is 22.3 Å². The third-order valence-electron chi connectivity index (χ3n) is 7.85. The van der Waals surface area contributed by atoms with Crippen LogP contribution < -0.4 is 5.32 Å². The van der Waals surface area contributed by atoms with Crippen molar-refractivity contribution in [2.24, 2.45) is 0 Å². The lowest BCUT2D eigenvalue weighted by atomic mass is 10.0. The van der Waals surface area contributed by atoms with Gasteiger partial charge >= 0.3 is 0 Å². The van der Waals surface area contributed by atoms with Gasteiger partial charge in [0.15, 0.2) is 0 Å². The lowest BCUT2D eigenvalue weighted by Gasteiger charge is -2.36. The molecule has 0 bridgehead atoms. The van der Waals surface area contributed by atoms with Gasteiger partial charge in [0, 0.05) is 54.3 Å². The topological polar surface area (TPSA) is 84.1 Å². The summed E-state index contributed by atoms with van der Waals surface area (Å²) in [5, 5.41) is 14.5. The van der Waals surface area contributed by atoms with E-state index in [2.05, 4.69) is 56.3 Å². The Kier molecular flexibility index (Phi) is 6.22. The molecule has 0 radical (unpaired) electrons. The van der Waals surface area contributed by atoms with E-state index in [4.69, 9.17) is 4.42 Å². The van der Waals surface area contributed by atoms with Crippen molar-refractivity contribution in [3.05, 3.63) is 65.8 Å². The van der Waals surface area contributed by atoms with Crippen LogP contribution in [0.15, 0.2) is 53.3 Å². The van der Waals surface area contributed by atoms with Crippen LogP contribution in [0.25, 0.3) is 22.2 Å². The summed E-state index contributed by atoms with van der Waals surface area (Å²) in [4.78, 5) is 12.8. The molecule has 5 heterocycles. The molecule has 6 rings (SSSR count). The number of benzene rings is 1. The number of fused-ring (bicyclic) bond motifs is 1. The standard InChI is InChI=1S/C29H32N6O/c1-20-24-8-11-32-27(24)6-5-26(20)33-29-21(16-30)17-31-18-25(29)28-7-4-23(36-28)19-34-14-9-22(10-15-34)35-12-2-3-13-35/h4-8,11,17-18,22,32H,2-3,9-10,12-15,19H2,1H3,(H,31,33). The Morgan fingerprint density at radius 1 is 1.08 bits per heavy atom. The molecular weight excluding hydrogens is 448 g/mol. The Hall–Kier alpha value is -3.60. The second-order valence-electron chi connectivity index (χ2n) is 10.0. The number of rotatable bonds is 6. The molecule has 7 heteroatoms. The molecule has 0 unspecified atom stereocenters. The molecule has 0 saturated carbocycles. The molecule has 2 saturated heterocycles. The van der Waals surface area contributed by atoms with E-state index in [0.717, 1.165) is 70.6 Å². The number of nitrogens with zero attached hydrogens (tertiary/aromatic N) is 4. The number of furan rings is 1. The fourth-order valence-electron chi connectivity index (χ4n) is 5.80. The molecule has 1 aromatic carbocycles. The maximum Gasteiger partial charge on any atom is 0.138 e. The molecular formula is C29H32N6O. The van der Waals surface area contributed by atoms with Crippen LogP contribution in [0, 0.1) is 18.3 Å². The Morgan fingerprint density at radius 2 is 1.92 bits per heavy atom. The molecule has 3 aromatic heterocycles. The van der Waals surface area contributed by atoms with Gasteiger partial charge in [0.05, 0.1) is 23.4 Å². The highest BCUT2D eigenvalue weighted by atomic mass is 16.3. The summed E-state index contributed by atoms with van der Waals surface area (Å²) in [7, 11) is 0. The number of nitrogens with one attached hydrogen (secondary N) is 2. The minimum atomic E-state index is 0.489. The first kappa shape index (κ1) is 22.8. The monoisotopic (exact) mass is 480 g/mol. The molecule has 36 heavy (non-hydrogen) atoms. The number of H-pyrrole nitrogens is 1. The van der Waals surface area contributed by atoms with Gasteiger partial charge in [-0.05, 0) is 81.6 Å². The maximum atomic E-state index is 9.82. The zero-order chi connectivity index (χ0) is 24.5. The summed E-state index contributed by atoms with van der Waals surface area (Å²) in [6, 6.07) is 13.3. The van der Waals surface area contributed by atoms with Gasteiger partial charge < -0.3 is 19.6 Å². The van der Waals surface area contributed by atoms with Crippen molar-refractivity contribution in [1.82, 2.24) is 19.8 Å². The lowest BCUT2D eigenvalue weighted by Crippen LogP contribution is -2.43. The fraction of sp³-hybridized carbons (Fsp3) is 0.379. The second kappa shape index (κ2) is 9.81. The molecule has 0 amide bonds. The number of aromatic amines is 1. The van der Waals surface area contributed by atoms with Crippen molar-refractivity contribution in [3.8, 4) is 17.4 Å². The Bertz CT molecular complexity index is 1400. The van der Waals surface area contributed by atoms with Crippen LogP contribution in [-0.4, -0.2) is 52.0 Å². The molecule has 0 spiro atoms. The van der Waals surface area contributed by atoms with Gasteiger partial charge in [0.25, 0.3) is 0 Å². The van der Waals surface area contributed by atoms with Gasteiger partial charge in [0.1, 0.15) is 17.6 Å². The van der Waals surface area contributed by atoms with E-state index in [1.54, 1.807) is 12.4 Å². The second-order valence-corrected chi connectivity index (χ2v) is 10.0. The average Bonchev–Trinajstić information content (AvgIpc) is 3.69. The van der Waals surface area contributed by atoms with E-state index in [1.807, 2.05) is 18.3 Å². The molecule has 7 nitrogen and oxygen atoms in total. The Labute approximate surface area is 211 Å². The summed E-state index contributed by atoms with van der Waals surface area (Å²) in [6.45, 7) is 7.66. The highest BCUT2D eigenvalue weighted by Gasteiger charge is 2.27. The van der Waals surface area contributed by atoms with Crippen LogP contribution in [0.3, 0.4) is 0 Å².